The van der Waals surface area contributed by atoms with E-state index in [1.165, 1.54) is 0 Å². The van der Waals surface area contributed by atoms with Gasteiger partial charge in [-0.15, -0.1) is 0 Å². The molecular formula is C26H27N5O3. The van der Waals surface area contributed by atoms with Crippen LogP contribution >= 0.6 is 0 Å². The van der Waals surface area contributed by atoms with Crippen molar-refractivity contribution >= 4 is 17.7 Å². The van der Waals surface area contributed by atoms with Crippen molar-refractivity contribution < 1.29 is 14.4 Å². The molecule has 1 aliphatic rings. The molecule has 0 aliphatic carbocycles. The topological polar surface area (TPSA) is 118 Å². The largest absolute Gasteiger partial charge is 0.366 e. The number of amides is 3. The van der Waals surface area contributed by atoms with Gasteiger partial charge in [0.25, 0.3) is 5.91 Å². The third-order valence-corrected chi connectivity index (χ3v) is 5.96. The van der Waals surface area contributed by atoms with Gasteiger partial charge in [0.15, 0.2) is 5.82 Å². The first-order chi connectivity index (χ1) is 16.3. The molecule has 1 atom stereocenters. The highest BCUT2D eigenvalue weighted by atomic mass is 16.2. The summed E-state index contributed by atoms with van der Waals surface area (Å²) < 4.78 is 0. The molecule has 3 amide bonds. The average molecular weight is 458 g/mol. The Bertz CT molecular complexity index is 1210. The van der Waals surface area contributed by atoms with Crippen molar-refractivity contribution in [3.05, 3.63) is 83.7 Å². The summed E-state index contributed by atoms with van der Waals surface area (Å²) in [6.45, 7) is 4.02. The number of rotatable bonds is 6. The number of nitrogens with one attached hydrogen (secondary N) is 1. The Hall–Kier alpha value is -4.07. The molecule has 174 valence electrons. The molecule has 3 N–H and O–H groups in total. The monoisotopic (exact) mass is 457 g/mol. The number of likely N-dealkylation sites (tertiary alicyclic amines) is 1. The summed E-state index contributed by atoms with van der Waals surface area (Å²) in [5.41, 5.74) is 6.63. The van der Waals surface area contributed by atoms with Crippen molar-refractivity contribution in [2.75, 3.05) is 6.54 Å². The van der Waals surface area contributed by atoms with Crippen molar-refractivity contribution in [3.8, 4) is 11.4 Å². The third-order valence-electron chi connectivity index (χ3n) is 5.96. The zero-order chi connectivity index (χ0) is 24.3. The van der Waals surface area contributed by atoms with Gasteiger partial charge in [-0.3, -0.25) is 14.4 Å². The summed E-state index contributed by atoms with van der Waals surface area (Å²) in [5.74, 6) is -0.448. The van der Waals surface area contributed by atoms with Gasteiger partial charge < -0.3 is 16.0 Å². The first kappa shape index (κ1) is 23.1. The molecule has 3 aromatic rings. The average Bonchev–Trinajstić information content (AvgIpc) is 3.34. The molecule has 1 saturated heterocycles. The van der Waals surface area contributed by atoms with Crippen LogP contribution in [0.1, 0.15) is 59.1 Å². The molecule has 34 heavy (non-hydrogen) atoms. The number of hydrogen-bond acceptors (Lipinski definition) is 5. The van der Waals surface area contributed by atoms with E-state index in [0.29, 0.717) is 23.5 Å². The van der Waals surface area contributed by atoms with E-state index in [-0.39, 0.29) is 17.9 Å². The predicted molar refractivity (Wildman–Crippen MR) is 128 cm³/mol. The number of carbonyl (C=O) groups is 3. The molecule has 0 unspecified atom stereocenters. The number of primary amides is 1. The Balaban J connectivity index is 1.53. The van der Waals surface area contributed by atoms with Gasteiger partial charge in [0.1, 0.15) is 5.54 Å². The molecule has 2 aromatic carbocycles. The number of carbonyl (C=O) groups excluding carboxylic acids is 3. The van der Waals surface area contributed by atoms with E-state index < -0.39 is 11.4 Å². The lowest BCUT2D eigenvalue weighted by Gasteiger charge is -2.33. The standard InChI is InChI=1S/C26H27N5O3/c1-26(2,30-24(33)19-7-4-3-5-8-19)25(34)31-16-6-9-21(31)20-14-15-28-23(29-20)18-12-10-17(11-13-18)22(27)32/h3-5,7-8,10-15,21H,6,9,16H2,1-2H3,(H2,27,32)(H,30,33)/t21-/m1/s1. The van der Waals surface area contributed by atoms with Crippen molar-refractivity contribution in [3.63, 3.8) is 0 Å². The summed E-state index contributed by atoms with van der Waals surface area (Å²) in [4.78, 5) is 48.4. The first-order valence-corrected chi connectivity index (χ1v) is 11.2. The maximum Gasteiger partial charge on any atom is 0.252 e. The lowest BCUT2D eigenvalue weighted by Crippen LogP contribution is -2.55. The highest BCUT2D eigenvalue weighted by molar-refractivity contribution is 5.99. The van der Waals surface area contributed by atoms with Gasteiger partial charge in [-0.1, -0.05) is 30.3 Å². The minimum atomic E-state index is -1.09. The summed E-state index contributed by atoms with van der Waals surface area (Å²) in [6, 6.07) is 17.2. The third kappa shape index (κ3) is 4.80. The number of benzene rings is 2. The number of nitrogens with two attached hydrogens (primary N) is 1. The summed E-state index contributed by atoms with van der Waals surface area (Å²) in [5, 5.41) is 2.87. The van der Waals surface area contributed by atoms with Crippen LogP contribution in [0.5, 0.6) is 0 Å². The van der Waals surface area contributed by atoms with E-state index in [0.717, 1.165) is 24.1 Å². The lowest BCUT2D eigenvalue weighted by atomic mass is 10.0. The smallest absolute Gasteiger partial charge is 0.252 e. The van der Waals surface area contributed by atoms with Gasteiger partial charge in [0, 0.05) is 29.4 Å². The van der Waals surface area contributed by atoms with E-state index in [1.807, 2.05) is 12.1 Å². The van der Waals surface area contributed by atoms with E-state index in [2.05, 4.69) is 10.3 Å². The second kappa shape index (κ2) is 9.43. The van der Waals surface area contributed by atoms with Crippen LogP contribution in [0.25, 0.3) is 11.4 Å². The van der Waals surface area contributed by atoms with Gasteiger partial charge in [-0.2, -0.15) is 0 Å². The quantitative estimate of drug-likeness (QED) is 0.590. The molecule has 0 bridgehead atoms. The Morgan fingerprint density at radius 3 is 2.38 bits per heavy atom. The highest BCUT2D eigenvalue weighted by Crippen LogP contribution is 2.33. The maximum absolute atomic E-state index is 13.5. The van der Waals surface area contributed by atoms with Crippen LogP contribution in [0.3, 0.4) is 0 Å². The van der Waals surface area contributed by atoms with Crippen LogP contribution in [0, 0.1) is 0 Å². The predicted octanol–water partition coefficient (Wildman–Crippen LogP) is 3.11. The van der Waals surface area contributed by atoms with E-state index in [9.17, 15) is 14.4 Å². The summed E-state index contributed by atoms with van der Waals surface area (Å²) in [6.07, 6.45) is 3.28. The van der Waals surface area contributed by atoms with Crippen LogP contribution in [-0.2, 0) is 4.79 Å². The Morgan fingerprint density at radius 1 is 1.00 bits per heavy atom. The second-order valence-electron chi connectivity index (χ2n) is 8.85. The molecule has 1 fully saturated rings. The van der Waals surface area contributed by atoms with Gasteiger partial charge in [0.2, 0.25) is 11.8 Å². The van der Waals surface area contributed by atoms with E-state index >= 15 is 0 Å². The van der Waals surface area contributed by atoms with Crippen LogP contribution < -0.4 is 11.1 Å². The summed E-state index contributed by atoms with van der Waals surface area (Å²) in [7, 11) is 0. The molecule has 1 aromatic heterocycles. The van der Waals surface area contributed by atoms with Crippen molar-refractivity contribution in [2.24, 2.45) is 5.73 Å². The van der Waals surface area contributed by atoms with E-state index in [4.69, 9.17) is 10.7 Å². The van der Waals surface area contributed by atoms with Crippen LogP contribution in [0.15, 0.2) is 66.9 Å². The number of aromatic nitrogens is 2. The second-order valence-corrected chi connectivity index (χ2v) is 8.85. The molecular weight excluding hydrogens is 430 g/mol. The fourth-order valence-electron chi connectivity index (χ4n) is 4.16. The minimum Gasteiger partial charge on any atom is -0.366 e. The normalized spacial score (nSPS) is 15.7. The maximum atomic E-state index is 13.5. The van der Waals surface area contributed by atoms with Crippen molar-refractivity contribution in [2.45, 2.75) is 38.3 Å². The minimum absolute atomic E-state index is 0.162. The van der Waals surface area contributed by atoms with Gasteiger partial charge in [-0.05, 0) is 57.0 Å². The number of hydrogen-bond donors (Lipinski definition) is 2. The SMILES string of the molecule is CC(C)(NC(=O)c1ccccc1)C(=O)N1CCC[C@@H]1c1ccnc(-c2ccc(C(N)=O)cc2)n1. The van der Waals surface area contributed by atoms with E-state index in [1.54, 1.807) is 73.5 Å². The molecule has 8 nitrogen and oxygen atoms in total. The first-order valence-electron chi connectivity index (χ1n) is 11.2. The van der Waals surface area contributed by atoms with Crippen LogP contribution in [0.2, 0.25) is 0 Å². The lowest BCUT2D eigenvalue weighted by molar-refractivity contribution is -0.137. The Morgan fingerprint density at radius 2 is 1.71 bits per heavy atom. The molecule has 4 rings (SSSR count). The number of nitrogens with zero attached hydrogens (tertiary/aromatic N) is 3. The van der Waals surface area contributed by atoms with Gasteiger partial charge in [0.05, 0.1) is 11.7 Å². The zero-order valence-electron chi connectivity index (χ0n) is 19.2. The van der Waals surface area contributed by atoms with Gasteiger partial charge >= 0.3 is 0 Å². The molecule has 0 spiro atoms. The molecule has 1 aliphatic heterocycles. The molecule has 8 heteroatoms. The Labute approximate surface area is 198 Å². The molecule has 2 heterocycles. The highest BCUT2D eigenvalue weighted by Gasteiger charge is 2.40. The summed E-state index contributed by atoms with van der Waals surface area (Å²) >= 11 is 0. The van der Waals surface area contributed by atoms with Gasteiger partial charge in [-0.25, -0.2) is 9.97 Å². The molecule has 0 saturated carbocycles. The fourth-order valence-corrected chi connectivity index (χ4v) is 4.16. The Kier molecular flexibility index (Phi) is 6.40. The molecule has 0 radical (unpaired) electrons. The zero-order valence-corrected chi connectivity index (χ0v) is 19.2. The fraction of sp³-hybridized carbons (Fsp3) is 0.269. The van der Waals surface area contributed by atoms with Crippen molar-refractivity contribution in [1.29, 1.82) is 0 Å². The van der Waals surface area contributed by atoms with Crippen molar-refractivity contribution in [1.82, 2.24) is 20.2 Å². The van der Waals surface area contributed by atoms with Crippen LogP contribution in [0.4, 0.5) is 0 Å². The van der Waals surface area contributed by atoms with Crippen LogP contribution in [-0.4, -0.2) is 44.7 Å².